The standard InChI is InChI=1S/C9H15N/c1-10-8-4-2-5-9(10)7-3-6-8/h4,9H,2-3,5-7H2,1H3. The normalized spacial score (nSPS) is 31.9. The van der Waals surface area contributed by atoms with Gasteiger partial charge in [-0.05, 0) is 32.1 Å². The number of nitrogens with zero attached hydrogens (tertiary/aromatic N) is 1. The van der Waals surface area contributed by atoms with Crippen molar-refractivity contribution >= 4 is 0 Å². The predicted molar refractivity (Wildman–Crippen MR) is 42.7 cm³/mol. The van der Waals surface area contributed by atoms with Gasteiger partial charge in [0.2, 0.25) is 0 Å². The van der Waals surface area contributed by atoms with E-state index in [0.717, 1.165) is 6.04 Å². The second-order valence-corrected chi connectivity index (χ2v) is 3.43. The Morgan fingerprint density at radius 3 is 3.10 bits per heavy atom. The van der Waals surface area contributed by atoms with Crippen molar-refractivity contribution in [1.29, 1.82) is 0 Å². The molecule has 0 spiro atoms. The fourth-order valence-electron chi connectivity index (χ4n) is 2.15. The molecule has 1 atom stereocenters. The predicted octanol–water partition coefficient (Wildman–Crippen LogP) is 2.15. The summed E-state index contributed by atoms with van der Waals surface area (Å²) in [5, 5.41) is 0. The summed E-state index contributed by atoms with van der Waals surface area (Å²) in [5.41, 5.74) is 1.60. The maximum absolute atomic E-state index is 2.48. The van der Waals surface area contributed by atoms with E-state index in [-0.39, 0.29) is 0 Å². The molecule has 0 aromatic heterocycles. The highest BCUT2D eigenvalue weighted by Gasteiger charge is 2.23. The molecule has 2 heterocycles. The molecule has 1 fully saturated rings. The van der Waals surface area contributed by atoms with Crippen LogP contribution in [0, 0.1) is 0 Å². The maximum Gasteiger partial charge on any atom is 0.0286 e. The molecule has 0 aromatic rings. The Balaban J connectivity index is 2.20. The first-order chi connectivity index (χ1) is 4.88. The number of piperidine rings is 1. The van der Waals surface area contributed by atoms with Crippen LogP contribution in [0.3, 0.4) is 0 Å². The van der Waals surface area contributed by atoms with Crippen molar-refractivity contribution in [2.24, 2.45) is 0 Å². The van der Waals surface area contributed by atoms with E-state index in [2.05, 4.69) is 18.0 Å². The topological polar surface area (TPSA) is 3.24 Å². The zero-order valence-electron chi connectivity index (χ0n) is 6.64. The Labute approximate surface area is 62.7 Å². The summed E-state index contributed by atoms with van der Waals surface area (Å²) < 4.78 is 0. The lowest BCUT2D eigenvalue weighted by Gasteiger charge is -2.39. The quantitative estimate of drug-likeness (QED) is 0.494. The van der Waals surface area contributed by atoms with Gasteiger partial charge in [-0.2, -0.15) is 0 Å². The highest BCUT2D eigenvalue weighted by molar-refractivity contribution is 5.09. The van der Waals surface area contributed by atoms with Crippen molar-refractivity contribution in [3.63, 3.8) is 0 Å². The molecule has 1 heteroatoms. The minimum atomic E-state index is 0.883. The average molecular weight is 137 g/mol. The summed E-state index contributed by atoms with van der Waals surface area (Å²) in [5.74, 6) is 0. The molecule has 2 aliphatic rings. The second-order valence-electron chi connectivity index (χ2n) is 3.43. The fraction of sp³-hybridized carbons (Fsp3) is 0.778. The van der Waals surface area contributed by atoms with E-state index in [9.17, 15) is 0 Å². The second kappa shape index (κ2) is 2.30. The minimum absolute atomic E-state index is 0.883. The third-order valence-electron chi connectivity index (χ3n) is 2.85. The van der Waals surface area contributed by atoms with Crippen LogP contribution < -0.4 is 0 Å². The number of hydrogen-bond acceptors (Lipinski definition) is 1. The van der Waals surface area contributed by atoms with Crippen LogP contribution in [0.1, 0.15) is 32.1 Å². The first-order valence-corrected chi connectivity index (χ1v) is 4.30. The molecule has 0 radical (unpaired) electrons. The number of fused-ring (bicyclic) bond motifs is 2. The third-order valence-corrected chi connectivity index (χ3v) is 2.85. The molecule has 2 bridgehead atoms. The summed E-state index contributed by atoms with van der Waals surface area (Å²) in [7, 11) is 2.24. The number of allylic oxidation sites excluding steroid dienone is 2. The van der Waals surface area contributed by atoms with Crippen molar-refractivity contribution in [3.8, 4) is 0 Å². The van der Waals surface area contributed by atoms with Gasteiger partial charge in [0.05, 0.1) is 0 Å². The summed E-state index contributed by atoms with van der Waals surface area (Å²) in [6.07, 6.45) is 9.29. The van der Waals surface area contributed by atoms with Gasteiger partial charge in [-0.15, -0.1) is 0 Å². The Kier molecular flexibility index (Phi) is 1.44. The Bertz CT molecular complexity index is 160. The number of rotatable bonds is 0. The van der Waals surface area contributed by atoms with Crippen molar-refractivity contribution in [3.05, 3.63) is 11.8 Å². The monoisotopic (exact) mass is 137 g/mol. The molecule has 0 aromatic carbocycles. The van der Waals surface area contributed by atoms with Gasteiger partial charge in [0.25, 0.3) is 0 Å². The molecular formula is C9H15N. The van der Waals surface area contributed by atoms with Crippen molar-refractivity contribution in [1.82, 2.24) is 4.90 Å². The summed E-state index contributed by atoms with van der Waals surface area (Å²) >= 11 is 0. The van der Waals surface area contributed by atoms with E-state index in [1.165, 1.54) is 32.1 Å². The van der Waals surface area contributed by atoms with Gasteiger partial charge in [-0.3, -0.25) is 0 Å². The van der Waals surface area contributed by atoms with Gasteiger partial charge in [0, 0.05) is 18.8 Å². The molecule has 0 amide bonds. The Morgan fingerprint density at radius 1 is 1.50 bits per heavy atom. The molecule has 0 aliphatic carbocycles. The van der Waals surface area contributed by atoms with Gasteiger partial charge in [0.1, 0.15) is 0 Å². The highest BCUT2D eigenvalue weighted by Crippen LogP contribution is 2.30. The van der Waals surface area contributed by atoms with Crippen LogP contribution in [-0.4, -0.2) is 18.0 Å². The van der Waals surface area contributed by atoms with Gasteiger partial charge in [-0.25, -0.2) is 0 Å². The smallest absolute Gasteiger partial charge is 0.0286 e. The van der Waals surface area contributed by atoms with Gasteiger partial charge in [-0.1, -0.05) is 6.08 Å². The Morgan fingerprint density at radius 2 is 2.40 bits per heavy atom. The lowest BCUT2D eigenvalue weighted by atomic mass is 9.91. The van der Waals surface area contributed by atoms with Crippen molar-refractivity contribution in [2.45, 2.75) is 38.1 Å². The van der Waals surface area contributed by atoms with Crippen LogP contribution in [-0.2, 0) is 0 Å². The van der Waals surface area contributed by atoms with E-state index < -0.39 is 0 Å². The van der Waals surface area contributed by atoms with Crippen LogP contribution in [0.5, 0.6) is 0 Å². The molecule has 2 aliphatic heterocycles. The summed E-state index contributed by atoms with van der Waals surface area (Å²) in [6, 6.07) is 0.883. The molecule has 2 rings (SSSR count). The highest BCUT2D eigenvalue weighted by atomic mass is 15.2. The molecular weight excluding hydrogens is 122 g/mol. The van der Waals surface area contributed by atoms with Gasteiger partial charge < -0.3 is 4.90 Å². The molecule has 0 saturated carbocycles. The summed E-state index contributed by atoms with van der Waals surface area (Å²) in [4.78, 5) is 2.48. The largest absolute Gasteiger partial charge is 0.375 e. The SMILES string of the molecule is CN1C2=CCCC1CCC2. The van der Waals surface area contributed by atoms with E-state index >= 15 is 0 Å². The van der Waals surface area contributed by atoms with E-state index in [1.807, 2.05) is 0 Å². The molecule has 56 valence electrons. The third kappa shape index (κ3) is 0.845. The Hall–Kier alpha value is -0.460. The number of hydrogen-bond donors (Lipinski definition) is 0. The minimum Gasteiger partial charge on any atom is -0.375 e. The van der Waals surface area contributed by atoms with Crippen LogP contribution in [0.2, 0.25) is 0 Å². The van der Waals surface area contributed by atoms with Crippen LogP contribution in [0.4, 0.5) is 0 Å². The van der Waals surface area contributed by atoms with Crippen LogP contribution >= 0.6 is 0 Å². The summed E-state index contributed by atoms with van der Waals surface area (Å²) in [6.45, 7) is 0. The van der Waals surface area contributed by atoms with E-state index in [1.54, 1.807) is 5.70 Å². The van der Waals surface area contributed by atoms with Crippen LogP contribution in [0.25, 0.3) is 0 Å². The van der Waals surface area contributed by atoms with Crippen molar-refractivity contribution < 1.29 is 0 Å². The lowest BCUT2D eigenvalue weighted by Crippen LogP contribution is -2.36. The van der Waals surface area contributed by atoms with Crippen molar-refractivity contribution in [2.75, 3.05) is 7.05 Å². The maximum atomic E-state index is 2.48. The first-order valence-electron chi connectivity index (χ1n) is 4.30. The average Bonchev–Trinajstić information content (AvgIpc) is 1.86. The van der Waals surface area contributed by atoms with E-state index in [0.29, 0.717) is 0 Å². The van der Waals surface area contributed by atoms with E-state index in [4.69, 9.17) is 0 Å². The zero-order valence-corrected chi connectivity index (χ0v) is 6.64. The molecule has 1 saturated heterocycles. The van der Waals surface area contributed by atoms with Gasteiger partial charge >= 0.3 is 0 Å². The molecule has 0 N–H and O–H groups in total. The van der Waals surface area contributed by atoms with Gasteiger partial charge in [0.15, 0.2) is 0 Å². The fourth-order valence-corrected chi connectivity index (χ4v) is 2.15. The first kappa shape index (κ1) is 6.26. The lowest BCUT2D eigenvalue weighted by molar-refractivity contribution is 0.213. The zero-order chi connectivity index (χ0) is 6.97. The van der Waals surface area contributed by atoms with Crippen LogP contribution in [0.15, 0.2) is 11.8 Å². The molecule has 1 unspecified atom stereocenters. The molecule has 10 heavy (non-hydrogen) atoms. The molecule has 1 nitrogen and oxygen atoms in total.